The Kier molecular flexibility index (Phi) is 8.11. The van der Waals surface area contributed by atoms with Crippen LogP contribution in [0.25, 0.3) is 133 Å². The van der Waals surface area contributed by atoms with E-state index in [4.69, 9.17) is 28.8 Å². The molecule has 3 heterocycles. The Bertz CT molecular complexity index is 3970. The molecule has 0 aliphatic carbocycles. The van der Waals surface area contributed by atoms with Gasteiger partial charge in [0.15, 0.2) is 23.1 Å². The van der Waals surface area contributed by atoms with Crippen molar-refractivity contribution in [2.75, 3.05) is 0 Å². The van der Waals surface area contributed by atoms with Gasteiger partial charge in [-0.2, -0.15) is 0 Å². The first-order chi connectivity index (χ1) is 31.7. The van der Waals surface area contributed by atoms with Crippen LogP contribution < -0.4 is 0 Å². The number of oxazole rings is 1. The van der Waals surface area contributed by atoms with Crippen molar-refractivity contribution < 1.29 is 8.83 Å². The van der Waals surface area contributed by atoms with Crippen molar-refractivity contribution in [3.8, 4) is 67.9 Å². The Morgan fingerprint density at radius 2 is 0.922 bits per heavy atom. The molecule has 0 aliphatic heterocycles. The minimum atomic E-state index is 0.524. The van der Waals surface area contributed by atoms with Crippen molar-refractivity contribution in [2.24, 2.45) is 0 Å². The van der Waals surface area contributed by atoms with E-state index < -0.39 is 0 Å². The van der Waals surface area contributed by atoms with Gasteiger partial charge >= 0.3 is 0 Å². The normalized spacial score (nSPS) is 11.8. The van der Waals surface area contributed by atoms with E-state index in [-0.39, 0.29) is 0 Å². The van der Waals surface area contributed by atoms with E-state index in [2.05, 4.69) is 146 Å². The highest BCUT2D eigenvalue weighted by Gasteiger charge is 2.23. The lowest BCUT2D eigenvalue weighted by atomic mass is 9.92. The van der Waals surface area contributed by atoms with Crippen molar-refractivity contribution in [3.63, 3.8) is 0 Å². The molecule has 0 fully saturated rings. The van der Waals surface area contributed by atoms with Crippen molar-refractivity contribution in [2.45, 2.75) is 0 Å². The van der Waals surface area contributed by atoms with Gasteiger partial charge in [-0.25, -0.2) is 19.9 Å². The summed E-state index contributed by atoms with van der Waals surface area (Å²) in [6.45, 7) is 0. The van der Waals surface area contributed by atoms with Crippen LogP contribution in [0.4, 0.5) is 0 Å². The highest BCUT2D eigenvalue weighted by molar-refractivity contribution is 6.21. The van der Waals surface area contributed by atoms with Crippen LogP contribution in [-0.2, 0) is 0 Å². The molecule has 64 heavy (non-hydrogen) atoms. The van der Waals surface area contributed by atoms with Crippen LogP contribution in [-0.4, -0.2) is 19.9 Å². The van der Waals surface area contributed by atoms with E-state index in [1.54, 1.807) is 0 Å². The minimum absolute atomic E-state index is 0.524. The van der Waals surface area contributed by atoms with Crippen molar-refractivity contribution >= 4 is 65.4 Å². The lowest BCUT2D eigenvalue weighted by Gasteiger charge is -2.14. The first-order valence-corrected chi connectivity index (χ1v) is 21.4. The fraction of sp³-hybridized carbons (Fsp3) is 0. The van der Waals surface area contributed by atoms with Gasteiger partial charge in [-0.05, 0) is 86.3 Å². The third-order valence-electron chi connectivity index (χ3n) is 12.3. The molecule has 0 saturated carbocycles. The summed E-state index contributed by atoms with van der Waals surface area (Å²) < 4.78 is 13.4. The summed E-state index contributed by atoms with van der Waals surface area (Å²) in [4.78, 5) is 21.3. The molecule has 0 aliphatic rings. The van der Waals surface area contributed by atoms with Crippen LogP contribution in [0.15, 0.2) is 215 Å². The first kappa shape index (κ1) is 36.0. The predicted octanol–water partition coefficient (Wildman–Crippen LogP) is 15.4. The average molecular weight is 819 g/mol. The van der Waals surface area contributed by atoms with Gasteiger partial charge in [0.2, 0.25) is 5.89 Å². The van der Waals surface area contributed by atoms with Gasteiger partial charge in [-0.15, -0.1) is 0 Å². The molecule has 0 amide bonds. The van der Waals surface area contributed by atoms with E-state index in [1.807, 2.05) is 60.7 Å². The summed E-state index contributed by atoms with van der Waals surface area (Å²) >= 11 is 0. The van der Waals surface area contributed by atoms with Gasteiger partial charge in [0, 0.05) is 43.8 Å². The number of furan rings is 1. The number of rotatable bonds is 6. The lowest BCUT2D eigenvalue weighted by molar-refractivity contribution is 0.623. The van der Waals surface area contributed by atoms with Crippen molar-refractivity contribution in [3.05, 3.63) is 206 Å². The molecule has 0 unspecified atom stereocenters. The maximum Gasteiger partial charge on any atom is 0.227 e. The number of benzene rings is 10. The quantitative estimate of drug-likeness (QED) is 0.166. The number of hydrogen-bond donors (Lipinski definition) is 0. The van der Waals surface area contributed by atoms with E-state index in [1.165, 1.54) is 0 Å². The van der Waals surface area contributed by atoms with Gasteiger partial charge < -0.3 is 8.83 Å². The third kappa shape index (κ3) is 5.88. The van der Waals surface area contributed by atoms with Gasteiger partial charge in [0.1, 0.15) is 16.7 Å². The maximum atomic E-state index is 6.74. The Morgan fingerprint density at radius 1 is 0.297 bits per heavy atom. The summed E-state index contributed by atoms with van der Waals surface area (Å²) in [6, 6.07) is 71.1. The zero-order valence-corrected chi connectivity index (χ0v) is 34.2. The Labute approximate surface area is 366 Å². The zero-order valence-electron chi connectivity index (χ0n) is 34.2. The predicted molar refractivity (Wildman–Crippen MR) is 260 cm³/mol. The number of nitrogens with zero attached hydrogens (tertiary/aromatic N) is 4. The second-order valence-corrected chi connectivity index (χ2v) is 16.1. The van der Waals surface area contributed by atoms with E-state index in [0.29, 0.717) is 34.5 Å². The molecule has 0 atom stereocenters. The van der Waals surface area contributed by atoms with Gasteiger partial charge in [0.25, 0.3) is 0 Å². The first-order valence-electron chi connectivity index (χ1n) is 21.4. The molecular formula is C58H34N4O2. The molecule has 10 aromatic carbocycles. The van der Waals surface area contributed by atoms with E-state index in [0.717, 1.165) is 98.8 Å². The molecule has 0 N–H and O–H groups in total. The third-order valence-corrected chi connectivity index (χ3v) is 12.3. The minimum Gasteiger partial charge on any atom is -0.455 e. The summed E-state index contributed by atoms with van der Waals surface area (Å²) in [7, 11) is 0. The van der Waals surface area contributed by atoms with Gasteiger partial charge in [0.05, 0.1) is 0 Å². The van der Waals surface area contributed by atoms with Crippen molar-refractivity contribution in [1.82, 2.24) is 19.9 Å². The number of aromatic nitrogens is 4. The summed E-state index contributed by atoms with van der Waals surface area (Å²) in [5, 5.41) is 8.11. The maximum absolute atomic E-state index is 6.74. The summed E-state index contributed by atoms with van der Waals surface area (Å²) in [6.07, 6.45) is 0. The molecule has 0 radical (unpaired) electrons. The second kappa shape index (κ2) is 14.4. The zero-order chi connectivity index (χ0) is 42.1. The highest BCUT2D eigenvalue weighted by atomic mass is 16.3. The number of fused-ring (bicyclic) bond motifs is 9. The molecule has 13 rings (SSSR count). The van der Waals surface area contributed by atoms with Crippen molar-refractivity contribution in [1.29, 1.82) is 0 Å². The Hall–Kier alpha value is -8.74. The molecule has 0 spiro atoms. The molecule has 0 bridgehead atoms. The Morgan fingerprint density at radius 3 is 1.73 bits per heavy atom. The van der Waals surface area contributed by atoms with Crippen LogP contribution in [0.2, 0.25) is 0 Å². The molecule has 3 aromatic heterocycles. The fourth-order valence-corrected chi connectivity index (χ4v) is 9.28. The largest absolute Gasteiger partial charge is 0.455 e. The molecular weight excluding hydrogens is 785 g/mol. The molecule has 298 valence electrons. The van der Waals surface area contributed by atoms with Gasteiger partial charge in [-0.1, -0.05) is 164 Å². The lowest BCUT2D eigenvalue weighted by Crippen LogP contribution is -2.01. The fourth-order valence-electron chi connectivity index (χ4n) is 9.28. The molecule has 6 heteroatoms. The highest BCUT2D eigenvalue weighted by Crippen LogP contribution is 2.43. The monoisotopic (exact) mass is 818 g/mol. The molecule has 0 saturated heterocycles. The Balaban J connectivity index is 1.11. The van der Waals surface area contributed by atoms with Crippen LogP contribution in [0, 0.1) is 0 Å². The van der Waals surface area contributed by atoms with Crippen LogP contribution in [0.5, 0.6) is 0 Å². The summed E-state index contributed by atoms with van der Waals surface area (Å²) in [5.74, 6) is 2.17. The van der Waals surface area contributed by atoms with Gasteiger partial charge in [-0.3, -0.25) is 0 Å². The SMILES string of the molecule is c1ccc(-c2nc3cc(-c4nc(-c5ccc6ccccc6c5)nc(-c5cc6ccccc6c6oc7ccccc7c56)n4)c4ccc(-c5ccccc5-c5ccccc5)cc4c3o2)cc1. The van der Waals surface area contributed by atoms with Crippen LogP contribution >= 0.6 is 0 Å². The number of para-hydroxylation sites is 1. The molecule has 6 nitrogen and oxygen atoms in total. The van der Waals surface area contributed by atoms with E-state index in [9.17, 15) is 0 Å². The average Bonchev–Trinajstić information content (AvgIpc) is 3.99. The van der Waals surface area contributed by atoms with E-state index >= 15 is 0 Å². The standard InChI is InChI=1S/C58H34N4O2/c1-3-16-36(17-4-1)42-22-11-12-23-43(42)40-29-30-45-47(32-40)53-50(59-58(64-53)37-18-5-2-6-19-37)34-48(45)56-60-55(41-28-27-35-15-7-8-20-38(35)31-41)61-57(62-56)49-33-39-21-9-10-24-44(39)54-52(49)46-25-13-14-26-51(46)63-54/h1-34H. The smallest absolute Gasteiger partial charge is 0.227 e. The van der Waals surface area contributed by atoms with Crippen LogP contribution in [0.3, 0.4) is 0 Å². The summed E-state index contributed by atoms with van der Waals surface area (Å²) in [5.41, 5.74) is 10.9. The molecule has 13 aromatic rings. The second-order valence-electron chi connectivity index (χ2n) is 16.1. The topological polar surface area (TPSA) is 77.8 Å². The van der Waals surface area contributed by atoms with Crippen LogP contribution in [0.1, 0.15) is 0 Å². The number of hydrogen-bond acceptors (Lipinski definition) is 6.